The van der Waals surface area contributed by atoms with E-state index in [0.29, 0.717) is 11.1 Å². The van der Waals surface area contributed by atoms with Crippen LogP contribution in [0.2, 0.25) is 0 Å². The van der Waals surface area contributed by atoms with Crippen molar-refractivity contribution in [1.82, 2.24) is 9.97 Å². The Morgan fingerprint density at radius 2 is 1.86 bits per heavy atom. The Bertz CT molecular complexity index is 899. The molecule has 22 heavy (non-hydrogen) atoms. The number of aromatic hydroxyl groups is 1. The molecule has 0 aliphatic carbocycles. The molecular formula is C12H11N5O4S. The lowest BCUT2D eigenvalue weighted by Crippen LogP contribution is -2.06. The van der Waals surface area contributed by atoms with E-state index in [1.54, 1.807) is 19.9 Å². The zero-order chi connectivity index (χ0) is 16.4. The van der Waals surface area contributed by atoms with E-state index in [4.69, 9.17) is 0 Å². The first-order valence-corrected chi connectivity index (χ1v) is 6.43. The Balaban J connectivity index is 2.59. The lowest BCUT2D eigenvalue weighted by atomic mass is 10.1. The number of rotatable bonds is 3. The number of aromatic nitrogens is 2. The van der Waals surface area contributed by atoms with Gasteiger partial charge in [-0.3, -0.25) is 19.9 Å². The van der Waals surface area contributed by atoms with E-state index < -0.39 is 22.0 Å². The molecule has 1 aromatic carbocycles. The normalized spacial score (nSPS) is 11.0. The monoisotopic (exact) mass is 321 g/mol. The molecular weight excluding hydrogens is 310 g/mol. The fourth-order valence-electron chi connectivity index (χ4n) is 1.87. The quantitative estimate of drug-likeness (QED) is 0.345. The van der Waals surface area contributed by atoms with E-state index in [2.05, 4.69) is 32.4 Å². The molecule has 1 aromatic heterocycles. The summed E-state index contributed by atoms with van der Waals surface area (Å²) in [6, 6.07) is 3.05. The fourth-order valence-corrected chi connectivity index (χ4v) is 2.06. The van der Waals surface area contributed by atoms with Crippen molar-refractivity contribution < 1.29 is 10.0 Å². The molecule has 0 atom stereocenters. The molecule has 0 unspecified atom stereocenters. The lowest BCUT2D eigenvalue weighted by molar-refractivity contribution is -0.384. The predicted octanol–water partition coefficient (Wildman–Crippen LogP) is 3.08. The van der Waals surface area contributed by atoms with Crippen molar-refractivity contribution in [2.75, 3.05) is 0 Å². The molecule has 1 heterocycles. The van der Waals surface area contributed by atoms with Crippen LogP contribution in [0.15, 0.2) is 27.2 Å². The van der Waals surface area contributed by atoms with Gasteiger partial charge in [0.15, 0.2) is 10.5 Å². The Hall–Kier alpha value is -2.88. The summed E-state index contributed by atoms with van der Waals surface area (Å²) in [5.74, 6) is -0.565. The lowest BCUT2D eigenvalue weighted by Gasteiger charge is -2.03. The average Bonchev–Trinajstić information content (AvgIpc) is 2.38. The van der Waals surface area contributed by atoms with E-state index in [1.165, 1.54) is 6.07 Å². The highest BCUT2D eigenvalue weighted by molar-refractivity contribution is 7.71. The van der Waals surface area contributed by atoms with Gasteiger partial charge in [-0.05, 0) is 37.2 Å². The first-order chi connectivity index (χ1) is 10.3. The van der Waals surface area contributed by atoms with Gasteiger partial charge in [0.25, 0.3) is 11.2 Å². The molecule has 10 heteroatoms. The van der Waals surface area contributed by atoms with Crippen LogP contribution in [0.4, 0.5) is 17.1 Å². The van der Waals surface area contributed by atoms with E-state index in [9.17, 15) is 20.0 Å². The van der Waals surface area contributed by atoms with Gasteiger partial charge in [0.1, 0.15) is 0 Å². The van der Waals surface area contributed by atoms with Crippen LogP contribution >= 0.6 is 12.2 Å². The Kier molecular flexibility index (Phi) is 4.13. The SMILES string of the molecule is Cc1cc(C)c(N=Nc2c(O)[nH]c(=S)[nH]c2=O)c([N+](=O)[O-])c1. The van der Waals surface area contributed by atoms with Gasteiger partial charge in [-0.15, -0.1) is 10.2 Å². The number of hydrogen-bond donors (Lipinski definition) is 3. The molecule has 0 amide bonds. The number of hydrogen-bond acceptors (Lipinski definition) is 7. The molecule has 0 spiro atoms. The number of nitrogens with one attached hydrogen (secondary N) is 2. The number of aromatic amines is 2. The standard InChI is InChI=1S/C12H11N5O4S/c1-5-3-6(2)8(7(4-5)17(20)21)15-16-9-10(18)13-12(22)14-11(9)19/h3-4H,1-2H3,(H3,13,14,18,19,22). The summed E-state index contributed by atoms with van der Waals surface area (Å²) in [7, 11) is 0. The molecule has 0 saturated carbocycles. The summed E-state index contributed by atoms with van der Waals surface area (Å²) in [5, 5.41) is 28.0. The maximum Gasteiger partial charge on any atom is 0.297 e. The van der Waals surface area contributed by atoms with Crippen LogP contribution in [0.5, 0.6) is 5.88 Å². The summed E-state index contributed by atoms with van der Waals surface area (Å²) in [6.45, 7) is 3.35. The van der Waals surface area contributed by atoms with Gasteiger partial charge in [0.05, 0.1) is 4.92 Å². The molecule has 3 N–H and O–H groups in total. The highest BCUT2D eigenvalue weighted by atomic mass is 32.1. The zero-order valence-corrected chi connectivity index (χ0v) is 12.4. The number of benzene rings is 1. The highest BCUT2D eigenvalue weighted by Crippen LogP contribution is 2.33. The van der Waals surface area contributed by atoms with Crippen LogP contribution in [0, 0.1) is 28.7 Å². The Labute approximate surface area is 128 Å². The summed E-state index contributed by atoms with van der Waals surface area (Å²) < 4.78 is -0.0704. The topological polar surface area (TPSA) is 137 Å². The number of nitro groups is 1. The van der Waals surface area contributed by atoms with Gasteiger partial charge in [-0.2, -0.15) is 0 Å². The molecule has 2 aromatic rings. The number of H-pyrrole nitrogens is 2. The van der Waals surface area contributed by atoms with Crippen LogP contribution < -0.4 is 5.56 Å². The van der Waals surface area contributed by atoms with Gasteiger partial charge < -0.3 is 10.1 Å². The van der Waals surface area contributed by atoms with Crippen LogP contribution in [0.1, 0.15) is 11.1 Å². The van der Waals surface area contributed by atoms with Crippen molar-refractivity contribution in [3.8, 4) is 5.88 Å². The fraction of sp³-hybridized carbons (Fsp3) is 0.167. The predicted molar refractivity (Wildman–Crippen MR) is 80.7 cm³/mol. The highest BCUT2D eigenvalue weighted by Gasteiger charge is 2.17. The van der Waals surface area contributed by atoms with Gasteiger partial charge in [0, 0.05) is 6.07 Å². The molecule has 9 nitrogen and oxygen atoms in total. The summed E-state index contributed by atoms with van der Waals surface area (Å²) >= 11 is 4.68. The van der Waals surface area contributed by atoms with Crippen molar-refractivity contribution in [3.05, 3.63) is 48.5 Å². The van der Waals surface area contributed by atoms with Crippen molar-refractivity contribution >= 4 is 29.3 Å². The van der Waals surface area contributed by atoms with Gasteiger partial charge in [-0.1, -0.05) is 6.07 Å². The minimum absolute atomic E-state index is 0.0110. The van der Waals surface area contributed by atoms with Crippen LogP contribution in [-0.2, 0) is 0 Å². The molecule has 0 radical (unpaired) electrons. The van der Waals surface area contributed by atoms with Crippen LogP contribution in [0.25, 0.3) is 0 Å². The van der Waals surface area contributed by atoms with Crippen molar-refractivity contribution in [3.63, 3.8) is 0 Å². The number of aryl methyl sites for hydroxylation is 2. The number of azo groups is 1. The molecule has 0 bridgehead atoms. The van der Waals surface area contributed by atoms with Crippen molar-refractivity contribution in [2.45, 2.75) is 13.8 Å². The summed E-state index contributed by atoms with van der Waals surface area (Å²) in [6.07, 6.45) is 0. The maximum absolute atomic E-state index is 11.7. The average molecular weight is 321 g/mol. The summed E-state index contributed by atoms with van der Waals surface area (Å²) in [5.41, 5.74) is -0.166. The molecule has 0 fully saturated rings. The molecule has 2 rings (SSSR count). The zero-order valence-electron chi connectivity index (χ0n) is 11.6. The van der Waals surface area contributed by atoms with E-state index in [1.807, 2.05) is 0 Å². The summed E-state index contributed by atoms with van der Waals surface area (Å²) in [4.78, 5) is 26.7. The van der Waals surface area contributed by atoms with Crippen LogP contribution in [-0.4, -0.2) is 20.0 Å². The third-order valence-corrected chi connectivity index (χ3v) is 2.97. The first kappa shape index (κ1) is 15.5. The van der Waals surface area contributed by atoms with Crippen LogP contribution in [0.3, 0.4) is 0 Å². The number of nitrogens with zero attached hydrogens (tertiary/aromatic N) is 3. The van der Waals surface area contributed by atoms with E-state index >= 15 is 0 Å². The van der Waals surface area contributed by atoms with Gasteiger partial charge >= 0.3 is 0 Å². The Morgan fingerprint density at radius 1 is 1.23 bits per heavy atom. The Morgan fingerprint density at radius 3 is 2.45 bits per heavy atom. The van der Waals surface area contributed by atoms with E-state index in [-0.39, 0.29) is 16.1 Å². The number of nitro benzene ring substituents is 1. The minimum atomic E-state index is -0.752. The molecule has 0 aliphatic heterocycles. The van der Waals surface area contributed by atoms with Crippen molar-refractivity contribution in [1.29, 1.82) is 0 Å². The van der Waals surface area contributed by atoms with Gasteiger partial charge in [0.2, 0.25) is 11.6 Å². The third-order valence-electron chi connectivity index (χ3n) is 2.77. The van der Waals surface area contributed by atoms with Crippen molar-refractivity contribution in [2.24, 2.45) is 10.2 Å². The maximum atomic E-state index is 11.7. The smallest absolute Gasteiger partial charge is 0.297 e. The largest absolute Gasteiger partial charge is 0.493 e. The second kappa shape index (κ2) is 5.85. The molecule has 0 saturated heterocycles. The van der Waals surface area contributed by atoms with E-state index in [0.717, 1.165) is 0 Å². The second-order valence-electron chi connectivity index (χ2n) is 4.51. The molecule has 114 valence electrons. The third kappa shape index (κ3) is 3.06. The van der Waals surface area contributed by atoms with Gasteiger partial charge in [-0.25, -0.2) is 0 Å². The minimum Gasteiger partial charge on any atom is -0.493 e. The molecule has 0 aliphatic rings. The second-order valence-corrected chi connectivity index (χ2v) is 4.92. The first-order valence-electron chi connectivity index (χ1n) is 6.02.